The molecule has 0 atom stereocenters. The normalized spacial score (nSPS) is 11.2. The van der Waals surface area contributed by atoms with Crippen molar-refractivity contribution in [3.63, 3.8) is 0 Å². The van der Waals surface area contributed by atoms with E-state index in [4.69, 9.17) is 4.74 Å². The molecule has 8 nitrogen and oxygen atoms in total. The molecule has 118 valence electrons. The standard InChI is InChI=1S/C13H23N5O3/c1-9(2)17(10(3)4)6-7-21-12-11(18(19)20)8-15-13(14-5)16-12/h8-10H,6-7H2,1-5H3,(H,14,15,16). The van der Waals surface area contributed by atoms with Gasteiger partial charge < -0.3 is 10.1 Å². The van der Waals surface area contributed by atoms with Crippen molar-refractivity contribution in [1.82, 2.24) is 14.9 Å². The van der Waals surface area contributed by atoms with Gasteiger partial charge in [-0.05, 0) is 27.7 Å². The van der Waals surface area contributed by atoms with Crippen molar-refractivity contribution >= 4 is 11.6 Å². The van der Waals surface area contributed by atoms with Gasteiger partial charge in [0, 0.05) is 25.7 Å². The summed E-state index contributed by atoms with van der Waals surface area (Å²) in [6, 6.07) is 0.753. The molecule has 0 bridgehead atoms. The fourth-order valence-corrected chi connectivity index (χ4v) is 2.07. The quantitative estimate of drug-likeness (QED) is 0.578. The van der Waals surface area contributed by atoms with Crippen LogP contribution in [0.4, 0.5) is 11.6 Å². The highest BCUT2D eigenvalue weighted by molar-refractivity contribution is 5.42. The zero-order valence-electron chi connectivity index (χ0n) is 13.2. The van der Waals surface area contributed by atoms with Crippen molar-refractivity contribution in [2.24, 2.45) is 0 Å². The molecule has 0 amide bonds. The van der Waals surface area contributed by atoms with Crippen LogP contribution in [-0.2, 0) is 0 Å². The fourth-order valence-electron chi connectivity index (χ4n) is 2.07. The first-order valence-corrected chi connectivity index (χ1v) is 6.94. The molecule has 8 heteroatoms. The molecule has 21 heavy (non-hydrogen) atoms. The number of nitrogens with one attached hydrogen (secondary N) is 1. The maximum atomic E-state index is 10.9. The van der Waals surface area contributed by atoms with Crippen molar-refractivity contribution in [2.75, 3.05) is 25.5 Å². The van der Waals surface area contributed by atoms with Crippen LogP contribution in [0.2, 0.25) is 0 Å². The molecule has 1 aromatic heterocycles. The Morgan fingerprint density at radius 1 is 1.38 bits per heavy atom. The molecule has 0 aliphatic carbocycles. The first kappa shape index (κ1) is 17.1. The lowest BCUT2D eigenvalue weighted by molar-refractivity contribution is -0.386. The summed E-state index contributed by atoms with van der Waals surface area (Å²) in [6.45, 7) is 9.42. The van der Waals surface area contributed by atoms with Gasteiger partial charge in [-0.1, -0.05) is 0 Å². The van der Waals surface area contributed by atoms with Gasteiger partial charge in [-0.25, -0.2) is 4.98 Å². The summed E-state index contributed by atoms with van der Waals surface area (Å²) in [6.07, 6.45) is 1.15. The minimum atomic E-state index is -0.544. The Morgan fingerprint density at radius 2 is 2.00 bits per heavy atom. The summed E-state index contributed by atoms with van der Waals surface area (Å²) in [5.74, 6) is 0.284. The van der Waals surface area contributed by atoms with Crippen molar-refractivity contribution in [3.05, 3.63) is 16.3 Å². The van der Waals surface area contributed by atoms with Gasteiger partial charge in [-0.2, -0.15) is 4.98 Å². The second-order valence-electron chi connectivity index (χ2n) is 5.16. The lowest BCUT2D eigenvalue weighted by Gasteiger charge is -2.30. The Balaban J connectivity index is 2.75. The molecule has 0 fully saturated rings. The highest BCUT2D eigenvalue weighted by atomic mass is 16.6. The molecule has 0 aromatic carbocycles. The molecular formula is C13H23N5O3. The summed E-state index contributed by atoms with van der Waals surface area (Å²) in [7, 11) is 1.64. The van der Waals surface area contributed by atoms with Gasteiger partial charge in [0.25, 0.3) is 5.88 Å². The minimum Gasteiger partial charge on any atom is -0.471 e. The summed E-state index contributed by atoms with van der Waals surface area (Å²) < 4.78 is 5.50. The van der Waals surface area contributed by atoms with Gasteiger partial charge in [0.1, 0.15) is 12.8 Å². The summed E-state index contributed by atoms with van der Waals surface area (Å²) in [4.78, 5) is 20.5. The highest BCUT2D eigenvalue weighted by Gasteiger charge is 2.20. The zero-order valence-corrected chi connectivity index (χ0v) is 13.2. The molecule has 0 aliphatic heterocycles. The molecule has 1 aromatic rings. The predicted molar refractivity (Wildman–Crippen MR) is 80.7 cm³/mol. The van der Waals surface area contributed by atoms with Crippen LogP contribution in [0.1, 0.15) is 27.7 Å². The van der Waals surface area contributed by atoms with E-state index >= 15 is 0 Å². The molecule has 0 saturated heterocycles. The monoisotopic (exact) mass is 297 g/mol. The van der Waals surface area contributed by atoms with E-state index in [0.717, 1.165) is 6.20 Å². The number of ether oxygens (including phenoxy) is 1. The van der Waals surface area contributed by atoms with E-state index in [2.05, 4.69) is 47.9 Å². The van der Waals surface area contributed by atoms with Gasteiger partial charge in [-0.3, -0.25) is 15.0 Å². The predicted octanol–water partition coefficient (Wildman–Crippen LogP) is 1.92. The Kier molecular flexibility index (Phi) is 6.29. The van der Waals surface area contributed by atoms with Crippen molar-refractivity contribution < 1.29 is 9.66 Å². The van der Waals surface area contributed by atoms with Crippen LogP contribution in [0.25, 0.3) is 0 Å². The Bertz CT molecular complexity index is 471. The smallest absolute Gasteiger partial charge is 0.349 e. The molecule has 0 spiro atoms. The third kappa shape index (κ3) is 4.82. The van der Waals surface area contributed by atoms with Gasteiger partial charge in [-0.15, -0.1) is 0 Å². The molecule has 1 heterocycles. The van der Waals surface area contributed by atoms with Crippen molar-refractivity contribution in [2.45, 2.75) is 39.8 Å². The van der Waals surface area contributed by atoms with Crippen LogP contribution < -0.4 is 10.1 Å². The van der Waals surface area contributed by atoms with Gasteiger partial charge in [0.05, 0.1) is 4.92 Å². The number of nitrogens with zero attached hydrogens (tertiary/aromatic N) is 4. The third-order valence-electron chi connectivity index (χ3n) is 3.07. The van der Waals surface area contributed by atoms with Gasteiger partial charge >= 0.3 is 5.69 Å². The zero-order chi connectivity index (χ0) is 16.0. The molecular weight excluding hydrogens is 274 g/mol. The van der Waals surface area contributed by atoms with Crippen LogP contribution in [0.3, 0.4) is 0 Å². The van der Waals surface area contributed by atoms with E-state index in [1.54, 1.807) is 7.05 Å². The number of nitro groups is 1. The number of rotatable bonds is 8. The van der Waals surface area contributed by atoms with Crippen molar-refractivity contribution in [1.29, 1.82) is 0 Å². The van der Waals surface area contributed by atoms with E-state index in [0.29, 0.717) is 31.2 Å². The number of aromatic nitrogens is 2. The molecule has 0 unspecified atom stereocenters. The molecule has 0 radical (unpaired) electrons. The summed E-state index contributed by atoms with van der Waals surface area (Å²) in [5.41, 5.74) is -0.227. The third-order valence-corrected chi connectivity index (χ3v) is 3.07. The van der Waals surface area contributed by atoms with Gasteiger partial charge in [0.2, 0.25) is 5.95 Å². The lowest BCUT2D eigenvalue weighted by Crippen LogP contribution is -2.39. The minimum absolute atomic E-state index is 0.00758. The second kappa shape index (κ2) is 7.72. The fraction of sp³-hybridized carbons (Fsp3) is 0.692. The van der Waals surface area contributed by atoms with Crippen LogP contribution in [-0.4, -0.2) is 52.1 Å². The van der Waals surface area contributed by atoms with Crippen LogP contribution >= 0.6 is 0 Å². The Hall–Kier alpha value is -1.96. The first-order valence-electron chi connectivity index (χ1n) is 6.94. The molecule has 0 aliphatic rings. The number of hydrogen-bond donors (Lipinski definition) is 1. The molecule has 1 N–H and O–H groups in total. The average molecular weight is 297 g/mol. The second-order valence-corrected chi connectivity index (χ2v) is 5.16. The first-order chi connectivity index (χ1) is 9.86. The van der Waals surface area contributed by atoms with Crippen LogP contribution in [0.15, 0.2) is 6.20 Å². The number of anilines is 1. The maximum absolute atomic E-state index is 10.9. The van der Waals surface area contributed by atoms with E-state index < -0.39 is 4.92 Å². The average Bonchev–Trinajstić information content (AvgIpc) is 2.42. The van der Waals surface area contributed by atoms with E-state index in [1.807, 2.05) is 0 Å². The SMILES string of the molecule is CNc1ncc([N+](=O)[O-])c(OCCN(C(C)C)C(C)C)n1. The van der Waals surface area contributed by atoms with E-state index in [-0.39, 0.29) is 11.6 Å². The highest BCUT2D eigenvalue weighted by Crippen LogP contribution is 2.24. The Labute approximate surface area is 124 Å². The largest absolute Gasteiger partial charge is 0.471 e. The summed E-state index contributed by atoms with van der Waals surface area (Å²) in [5, 5.41) is 13.7. The Morgan fingerprint density at radius 3 is 2.48 bits per heavy atom. The van der Waals surface area contributed by atoms with Crippen LogP contribution in [0, 0.1) is 10.1 Å². The van der Waals surface area contributed by atoms with Gasteiger partial charge in [0.15, 0.2) is 0 Å². The van der Waals surface area contributed by atoms with E-state index in [9.17, 15) is 10.1 Å². The maximum Gasteiger partial charge on any atom is 0.349 e. The topological polar surface area (TPSA) is 93.4 Å². The molecule has 0 saturated carbocycles. The van der Waals surface area contributed by atoms with Crippen molar-refractivity contribution in [3.8, 4) is 5.88 Å². The van der Waals surface area contributed by atoms with Crippen LogP contribution in [0.5, 0.6) is 5.88 Å². The molecule has 1 rings (SSSR count). The lowest BCUT2D eigenvalue weighted by atomic mass is 10.2. The summed E-state index contributed by atoms with van der Waals surface area (Å²) >= 11 is 0. The number of hydrogen-bond acceptors (Lipinski definition) is 7. The van der Waals surface area contributed by atoms with E-state index in [1.165, 1.54) is 0 Å².